The molecule has 3 N–H and O–H groups in total. The maximum absolute atomic E-state index is 12.6. The average molecular weight is 338 g/mol. The number of carbonyl (C=O) groups is 2. The predicted octanol–water partition coefficient (Wildman–Crippen LogP) is 2.72. The molecule has 3 rings (SSSR count). The third-order valence-corrected chi connectivity index (χ3v) is 3.86. The van der Waals surface area contributed by atoms with Crippen molar-refractivity contribution in [3.8, 4) is 5.75 Å². The van der Waals surface area contributed by atoms with Crippen molar-refractivity contribution in [2.75, 3.05) is 6.61 Å². The topological polar surface area (TPSA) is 87.7 Å². The van der Waals surface area contributed by atoms with Crippen LogP contribution in [0.3, 0.4) is 0 Å². The van der Waals surface area contributed by atoms with Crippen molar-refractivity contribution in [3.05, 3.63) is 71.3 Å². The quantitative estimate of drug-likeness (QED) is 0.748. The van der Waals surface area contributed by atoms with E-state index in [0.29, 0.717) is 22.4 Å². The minimum absolute atomic E-state index is 0.106. The first-order chi connectivity index (χ1) is 12.1. The fourth-order valence-corrected chi connectivity index (χ4v) is 2.74. The van der Waals surface area contributed by atoms with Gasteiger partial charge in [0.2, 0.25) is 0 Å². The SMILES string of the molecule is CCOC(=O)C1=C(c2ccccc2)NC(=O)NC1c1ccc(O)cc1. The highest BCUT2D eigenvalue weighted by atomic mass is 16.5. The molecule has 1 heterocycles. The van der Waals surface area contributed by atoms with Gasteiger partial charge in [-0.1, -0.05) is 42.5 Å². The molecule has 1 unspecified atom stereocenters. The van der Waals surface area contributed by atoms with Gasteiger partial charge in [-0.15, -0.1) is 0 Å². The van der Waals surface area contributed by atoms with Crippen molar-refractivity contribution in [2.45, 2.75) is 13.0 Å². The summed E-state index contributed by atoms with van der Waals surface area (Å²) >= 11 is 0. The Morgan fingerprint density at radius 1 is 1.12 bits per heavy atom. The third kappa shape index (κ3) is 3.47. The van der Waals surface area contributed by atoms with Crippen LogP contribution in [-0.4, -0.2) is 23.7 Å². The van der Waals surface area contributed by atoms with Crippen LogP contribution in [0.15, 0.2) is 60.2 Å². The molecule has 0 aliphatic carbocycles. The van der Waals surface area contributed by atoms with Gasteiger partial charge in [0.15, 0.2) is 0 Å². The second-order valence-electron chi connectivity index (χ2n) is 5.50. The summed E-state index contributed by atoms with van der Waals surface area (Å²) in [5.74, 6) is -0.402. The number of hydrogen-bond donors (Lipinski definition) is 3. The van der Waals surface area contributed by atoms with Gasteiger partial charge >= 0.3 is 12.0 Å². The van der Waals surface area contributed by atoms with Crippen molar-refractivity contribution < 1.29 is 19.4 Å². The van der Waals surface area contributed by atoms with Crippen LogP contribution in [-0.2, 0) is 9.53 Å². The fraction of sp³-hybridized carbons (Fsp3) is 0.158. The molecular formula is C19H18N2O4. The lowest BCUT2D eigenvalue weighted by atomic mass is 9.92. The number of hydrogen-bond acceptors (Lipinski definition) is 4. The Labute approximate surface area is 145 Å². The molecule has 1 atom stereocenters. The number of nitrogens with one attached hydrogen (secondary N) is 2. The lowest BCUT2D eigenvalue weighted by molar-refractivity contribution is -0.138. The number of urea groups is 1. The van der Waals surface area contributed by atoms with Crippen LogP contribution in [0, 0.1) is 0 Å². The number of esters is 1. The number of benzene rings is 2. The van der Waals surface area contributed by atoms with Crippen LogP contribution in [0.5, 0.6) is 5.75 Å². The van der Waals surface area contributed by atoms with E-state index in [4.69, 9.17) is 4.74 Å². The highest BCUT2D eigenvalue weighted by molar-refractivity contribution is 6.04. The molecule has 0 aromatic heterocycles. The zero-order chi connectivity index (χ0) is 17.8. The molecule has 0 saturated heterocycles. The Morgan fingerprint density at radius 3 is 2.44 bits per heavy atom. The van der Waals surface area contributed by atoms with Gasteiger partial charge in [0.1, 0.15) is 5.75 Å². The zero-order valence-electron chi connectivity index (χ0n) is 13.7. The smallest absolute Gasteiger partial charge is 0.338 e. The standard InChI is InChI=1S/C19H18N2O4/c1-2-25-18(23)15-16(12-6-4-3-5-7-12)20-19(24)21-17(15)13-8-10-14(22)11-9-13/h3-11,17,22H,2H2,1H3,(H2,20,21,24). The highest BCUT2D eigenvalue weighted by Gasteiger charge is 2.34. The average Bonchev–Trinajstić information content (AvgIpc) is 2.62. The molecular weight excluding hydrogens is 320 g/mol. The van der Waals surface area contributed by atoms with Gasteiger partial charge < -0.3 is 20.5 Å². The molecule has 2 amide bonds. The predicted molar refractivity (Wildman–Crippen MR) is 92.5 cm³/mol. The molecule has 0 radical (unpaired) electrons. The summed E-state index contributed by atoms with van der Waals surface area (Å²) in [7, 11) is 0. The second kappa shape index (κ2) is 7.09. The summed E-state index contributed by atoms with van der Waals surface area (Å²) in [4.78, 5) is 24.8. The molecule has 25 heavy (non-hydrogen) atoms. The number of phenols is 1. The van der Waals surface area contributed by atoms with Crippen molar-refractivity contribution >= 4 is 17.7 Å². The van der Waals surface area contributed by atoms with Crippen molar-refractivity contribution in [2.24, 2.45) is 0 Å². The lowest BCUT2D eigenvalue weighted by Crippen LogP contribution is -2.45. The van der Waals surface area contributed by atoms with Gasteiger partial charge in [0.05, 0.1) is 23.9 Å². The van der Waals surface area contributed by atoms with E-state index in [0.717, 1.165) is 0 Å². The minimum Gasteiger partial charge on any atom is -0.508 e. The van der Waals surface area contributed by atoms with Gasteiger partial charge in [0, 0.05) is 0 Å². The molecule has 0 saturated carbocycles. The van der Waals surface area contributed by atoms with Crippen LogP contribution in [0.25, 0.3) is 5.70 Å². The number of aromatic hydroxyl groups is 1. The first-order valence-electron chi connectivity index (χ1n) is 7.93. The van der Waals surface area contributed by atoms with Crippen molar-refractivity contribution in [3.63, 3.8) is 0 Å². The van der Waals surface area contributed by atoms with Gasteiger partial charge in [-0.3, -0.25) is 0 Å². The van der Waals surface area contributed by atoms with E-state index in [1.807, 2.05) is 30.3 Å². The fourth-order valence-electron chi connectivity index (χ4n) is 2.74. The van der Waals surface area contributed by atoms with Gasteiger partial charge in [-0.2, -0.15) is 0 Å². The minimum atomic E-state index is -0.677. The molecule has 128 valence electrons. The summed E-state index contributed by atoms with van der Waals surface area (Å²) in [5.41, 5.74) is 2.12. The highest BCUT2D eigenvalue weighted by Crippen LogP contribution is 2.32. The van der Waals surface area contributed by atoms with E-state index in [1.165, 1.54) is 12.1 Å². The maximum atomic E-state index is 12.6. The van der Waals surface area contributed by atoms with Crippen LogP contribution in [0.4, 0.5) is 4.79 Å². The summed E-state index contributed by atoms with van der Waals surface area (Å²) in [6.07, 6.45) is 0. The summed E-state index contributed by atoms with van der Waals surface area (Å²) in [6, 6.07) is 14.4. The Balaban J connectivity index is 2.16. The Bertz CT molecular complexity index is 813. The molecule has 0 spiro atoms. The monoisotopic (exact) mass is 338 g/mol. The molecule has 1 aliphatic heterocycles. The molecule has 2 aromatic carbocycles. The van der Waals surface area contributed by atoms with Crippen LogP contribution < -0.4 is 10.6 Å². The van der Waals surface area contributed by atoms with Crippen LogP contribution in [0.2, 0.25) is 0 Å². The third-order valence-electron chi connectivity index (χ3n) is 3.86. The molecule has 0 bridgehead atoms. The van der Waals surface area contributed by atoms with Crippen LogP contribution >= 0.6 is 0 Å². The van der Waals surface area contributed by atoms with E-state index in [9.17, 15) is 14.7 Å². The van der Waals surface area contributed by atoms with E-state index in [-0.39, 0.29) is 12.4 Å². The lowest BCUT2D eigenvalue weighted by Gasteiger charge is -2.29. The van der Waals surface area contributed by atoms with E-state index in [2.05, 4.69) is 10.6 Å². The van der Waals surface area contributed by atoms with E-state index >= 15 is 0 Å². The number of phenolic OH excluding ortho intramolecular Hbond substituents is 1. The number of amides is 2. The van der Waals surface area contributed by atoms with Crippen molar-refractivity contribution in [1.82, 2.24) is 10.6 Å². The number of carbonyl (C=O) groups excluding carboxylic acids is 2. The Hall–Kier alpha value is -3.28. The first kappa shape index (κ1) is 16.6. The van der Waals surface area contributed by atoms with E-state index < -0.39 is 18.0 Å². The van der Waals surface area contributed by atoms with Gasteiger partial charge in [-0.25, -0.2) is 9.59 Å². The molecule has 0 fully saturated rings. The zero-order valence-corrected chi connectivity index (χ0v) is 13.7. The molecule has 6 nitrogen and oxygen atoms in total. The summed E-state index contributed by atoms with van der Waals surface area (Å²) in [5, 5.41) is 15.0. The van der Waals surface area contributed by atoms with Crippen molar-refractivity contribution in [1.29, 1.82) is 0 Å². The maximum Gasteiger partial charge on any atom is 0.338 e. The normalized spacial score (nSPS) is 16.8. The summed E-state index contributed by atoms with van der Waals surface area (Å²) < 4.78 is 5.21. The van der Waals surface area contributed by atoms with E-state index in [1.54, 1.807) is 19.1 Å². The second-order valence-corrected chi connectivity index (χ2v) is 5.50. The Morgan fingerprint density at radius 2 is 1.80 bits per heavy atom. The van der Waals surface area contributed by atoms with Crippen LogP contribution in [0.1, 0.15) is 24.1 Å². The molecule has 1 aliphatic rings. The number of ether oxygens (including phenoxy) is 1. The molecule has 2 aromatic rings. The number of rotatable bonds is 4. The van der Waals surface area contributed by atoms with Gasteiger partial charge in [0.25, 0.3) is 0 Å². The largest absolute Gasteiger partial charge is 0.508 e. The Kier molecular flexibility index (Phi) is 4.70. The first-order valence-corrected chi connectivity index (χ1v) is 7.93. The summed E-state index contributed by atoms with van der Waals surface area (Å²) in [6.45, 7) is 1.95. The molecule has 6 heteroatoms. The van der Waals surface area contributed by atoms with Gasteiger partial charge in [-0.05, 0) is 30.2 Å².